The van der Waals surface area contributed by atoms with Gasteiger partial charge in [-0.15, -0.1) is 0 Å². The van der Waals surface area contributed by atoms with Gasteiger partial charge >= 0.3 is 5.69 Å². The van der Waals surface area contributed by atoms with Crippen molar-refractivity contribution in [2.75, 3.05) is 0 Å². The topological polar surface area (TPSA) is 116 Å². The van der Waals surface area contributed by atoms with Crippen LogP contribution in [-0.4, -0.2) is 31.7 Å². The van der Waals surface area contributed by atoms with Crippen molar-refractivity contribution in [3.8, 4) is 11.4 Å². The largest absolute Gasteiger partial charge is 0.336 e. The molecule has 2 aromatic heterocycles. The van der Waals surface area contributed by atoms with Crippen LogP contribution in [0.1, 0.15) is 0 Å². The van der Waals surface area contributed by atoms with Gasteiger partial charge < -0.3 is 4.57 Å². The summed E-state index contributed by atoms with van der Waals surface area (Å²) in [4.78, 5) is 28.7. The van der Waals surface area contributed by atoms with Crippen molar-refractivity contribution in [2.24, 2.45) is 14.1 Å². The molecule has 1 N–H and O–H groups in total. The fourth-order valence-electron chi connectivity index (χ4n) is 2.61. The molecule has 0 aliphatic carbocycles. The molecule has 10 heteroatoms. The maximum Gasteiger partial charge on any atom is 0.336 e. The van der Waals surface area contributed by atoms with Crippen LogP contribution in [0, 0.1) is 0 Å². The number of rotatable bonds is 3. The Balaban J connectivity index is 2.33. The molecule has 25 heavy (non-hydrogen) atoms. The van der Waals surface area contributed by atoms with Gasteiger partial charge in [0.15, 0.2) is 11.2 Å². The zero-order chi connectivity index (χ0) is 18.5. The molecule has 0 aliphatic heterocycles. The van der Waals surface area contributed by atoms with Crippen LogP contribution >= 0.6 is 0 Å². The van der Waals surface area contributed by atoms with Gasteiger partial charge in [-0.2, -0.15) is 8.42 Å². The Kier molecular flexibility index (Phi) is 3.73. The van der Waals surface area contributed by atoms with E-state index in [9.17, 15) is 18.0 Å². The molecule has 2 heterocycles. The molecular formula is C15H14N4O5S. The minimum atomic E-state index is -4.30. The van der Waals surface area contributed by atoms with Crippen molar-refractivity contribution in [1.82, 2.24) is 18.7 Å². The minimum Gasteiger partial charge on any atom is -0.321 e. The van der Waals surface area contributed by atoms with E-state index in [1.54, 1.807) is 7.05 Å². The van der Waals surface area contributed by atoms with Crippen molar-refractivity contribution < 1.29 is 13.0 Å². The molecule has 0 unspecified atom stereocenters. The summed E-state index contributed by atoms with van der Waals surface area (Å²) in [7, 11) is -1.20. The first kappa shape index (κ1) is 16.9. The lowest BCUT2D eigenvalue weighted by atomic mass is 10.2. The van der Waals surface area contributed by atoms with E-state index in [1.807, 2.05) is 0 Å². The lowest BCUT2D eigenvalue weighted by molar-refractivity contribution is 0.483. The Labute approximate surface area is 141 Å². The Morgan fingerprint density at radius 1 is 1.12 bits per heavy atom. The van der Waals surface area contributed by atoms with E-state index in [0.717, 1.165) is 10.8 Å². The lowest BCUT2D eigenvalue weighted by Crippen LogP contribution is -2.36. The Morgan fingerprint density at radius 3 is 2.24 bits per heavy atom. The fourth-order valence-corrected chi connectivity index (χ4v) is 3.09. The second kappa shape index (κ2) is 5.53. The first-order valence-electron chi connectivity index (χ1n) is 7.05. The number of benzene rings is 1. The van der Waals surface area contributed by atoms with Crippen molar-refractivity contribution >= 4 is 27.5 Å². The number of aromatic nitrogens is 4. The quantitative estimate of drug-likeness (QED) is 0.676. The molecule has 0 saturated heterocycles. The second-order valence-electron chi connectivity index (χ2n) is 5.37. The van der Waals surface area contributed by atoms with E-state index in [-0.39, 0.29) is 16.1 Å². The number of hydrogen-bond acceptors (Lipinski definition) is 5. The van der Waals surface area contributed by atoms with Crippen molar-refractivity contribution in [1.29, 1.82) is 0 Å². The van der Waals surface area contributed by atoms with E-state index in [0.29, 0.717) is 11.4 Å². The third kappa shape index (κ3) is 2.51. The van der Waals surface area contributed by atoms with Crippen LogP contribution in [0.15, 0.2) is 45.3 Å². The summed E-state index contributed by atoms with van der Waals surface area (Å²) < 4.78 is 34.9. The summed E-state index contributed by atoms with van der Waals surface area (Å²) in [6.45, 7) is 3.47. The molecule has 0 radical (unpaired) electrons. The van der Waals surface area contributed by atoms with Gasteiger partial charge in [0, 0.05) is 25.9 Å². The van der Waals surface area contributed by atoms with E-state index < -0.39 is 21.4 Å². The van der Waals surface area contributed by atoms with Crippen LogP contribution in [0.2, 0.25) is 0 Å². The number of nitrogens with zero attached hydrogens (tertiary/aromatic N) is 4. The summed E-state index contributed by atoms with van der Waals surface area (Å²) >= 11 is 0. The summed E-state index contributed by atoms with van der Waals surface area (Å²) in [5, 5.41) is 0. The molecule has 0 spiro atoms. The zero-order valence-corrected chi connectivity index (χ0v) is 14.2. The minimum absolute atomic E-state index is 0.199. The smallest absolute Gasteiger partial charge is 0.321 e. The monoisotopic (exact) mass is 362 g/mol. The molecule has 130 valence electrons. The predicted octanol–water partition coefficient (Wildman–Crippen LogP) is 0.448. The molecule has 0 saturated carbocycles. The predicted molar refractivity (Wildman–Crippen MR) is 91.9 cm³/mol. The zero-order valence-electron chi connectivity index (χ0n) is 13.4. The van der Waals surface area contributed by atoms with E-state index in [4.69, 9.17) is 4.55 Å². The highest BCUT2D eigenvalue weighted by Gasteiger charge is 2.19. The summed E-state index contributed by atoms with van der Waals surface area (Å²) in [5.41, 5.74) is -0.203. The summed E-state index contributed by atoms with van der Waals surface area (Å²) in [6, 6.07) is 5.36. The second-order valence-corrected chi connectivity index (χ2v) is 6.79. The Bertz CT molecular complexity index is 1230. The molecule has 0 fully saturated rings. The molecular weight excluding hydrogens is 348 g/mol. The van der Waals surface area contributed by atoms with Gasteiger partial charge in [-0.05, 0) is 24.3 Å². The molecule has 3 rings (SSSR count). The van der Waals surface area contributed by atoms with Crippen LogP contribution < -0.4 is 11.2 Å². The number of hydrogen-bond donors (Lipinski definition) is 1. The molecule has 0 bridgehead atoms. The maximum absolute atomic E-state index is 12.5. The fraction of sp³-hybridized carbons (Fsp3) is 0.133. The van der Waals surface area contributed by atoms with Crippen molar-refractivity contribution in [3.63, 3.8) is 0 Å². The normalized spacial score (nSPS) is 11.8. The standard InChI is InChI=1S/C15H14N4O5S/c1-4-19-14(20)11-13(18(3)15(19)21)16-12(17(11)2)9-5-7-10(8-6-9)25(22,23)24/h4-8H,1H2,2-3H3,(H,22,23,24). The number of fused-ring (bicyclic) bond motifs is 1. The van der Waals surface area contributed by atoms with Crippen LogP contribution in [0.25, 0.3) is 28.8 Å². The molecule has 9 nitrogen and oxygen atoms in total. The van der Waals surface area contributed by atoms with Crippen LogP contribution in [-0.2, 0) is 24.2 Å². The molecule has 0 aliphatic rings. The molecule has 3 aromatic rings. The Morgan fingerprint density at radius 2 is 1.72 bits per heavy atom. The molecule has 0 amide bonds. The number of imidazole rings is 1. The van der Waals surface area contributed by atoms with Crippen LogP contribution in [0.3, 0.4) is 0 Å². The third-order valence-electron chi connectivity index (χ3n) is 3.90. The van der Waals surface area contributed by atoms with Crippen molar-refractivity contribution in [3.05, 3.63) is 51.7 Å². The molecule has 1 aromatic carbocycles. The highest BCUT2D eigenvalue weighted by atomic mass is 32.2. The molecule has 0 atom stereocenters. The first-order chi connectivity index (χ1) is 11.7. The van der Waals surface area contributed by atoms with Crippen LogP contribution in [0.5, 0.6) is 0 Å². The van der Waals surface area contributed by atoms with Gasteiger partial charge in [0.2, 0.25) is 0 Å². The van der Waals surface area contributed by atoms with Crippen LogP contribution in [0.4, 0.5) is 0 Å². The average molecular weight is 362 g/mol. The number of aryl methyl sites for hydroxylation is 2. The summed E-state index contributed by atoms with van der Waals surface area (Å²) in [5.74, 6) is 0.366. The highest BCUT2D eigenvalue weighted by Crippen LogP contribution is 2.22. The van der Waals surface area contributed by atoms with Gasteiger partial charge in [-0.1, -0.05) is 6.58 Å². The summed E-state index contributed by atoms with van der Waals surface area (Å²) in [6.07, 6.45) is 1.14. The van der Waals surface area contributed by atoms with Gasteiger partial charge in [0.1, 0.15) is 5.82 Å². The maximum atomic E-state index is 12.5. The highest BCUT2D eigenvalue weighted by molar-refractivity contribution is 7.85. The van der Waals surface area contributed by atoms with E-state index >= 15 is 0 Å². The van der Waals surface area contributed by atoms with E-state index in [2.05, 4.69) is 11.6 Å². The van der Waals surface area contributed by atoms with Gasteiger partial charge in [-0.3, -0.25) is 13.9 Å². The lowest BCUT2D eigenvalue weighted by Gasteiger charge is -2.04. The van der Waals surface area contributed by atoms with Gasteiger partial charge in [0.05, 0.1) is 4.90 Å². The first-order valence-corrected chi connectivity index (χ1v) is 8.49. The SMILES string of the molecule is C=Cn1c(=O)c2c(nc(-c3ccc(S(=O)(=O)O)cc3)n2C)n(C)c1=O. The van der Waals surface area contributed by atoms with Gasteiger partial charge in [-0.25, -0.2) is 14.3 Å². The third-order valence-corrected chi connectivity index (χ3v) is 4.77. The van der Waals surface area contributed by atoms with Crippen molar-refractivity contribution in [2.45, 2.75) is 4.90 Å². The average Bonchev–Trinajstić information content (AvgIpc) is 2.90. The van der Waals surface area contributed by atoms with E-state index in [1.165, 1.54) is 40.4 Å². The Hall–Kier alpha value is -2.98. The van der Waals surface area contributed by atoms with Gasteiger partial charge in [0.25, 0.3) is 15.7 Å².